The van der Waals surface area contributed by atoms with Gasteiger partial charge in [0.2, 0.25) is 10.0 Å². The maximum absolute atomic E-state index is 13.5. The summed E-state index contributed by atoms with van der Waals surface area (Å²) < 4.78 is 35.6. The first-order chi connectivity index (χ1) is 15.7. The van der Waals surface area contributed by atoms with Gasteiger partial charge in [-0.25, -0.2) is 13.1 Å². The average Bonchev–Trinajstić information content (AvgIpc) is 3.00. The molecule has 1 N–H and O–H groups in total. The molecule has 1 amide bonds. The molecule has 188 valence electrons. The Balaban J connectivity index is 1.97. The second-order valence-electron chi connectivity index (χ2n) is 10.9. The van der Waals surface area contributed by atoms with Crippen LogP contribution in [0.2, 0.25) is 0 Å². The lowest BCUT2D eigenvalue weighted by atomic mass is 9.92. The van der Waals surface area contributed by atoms with E-state index in [0.29, 0.717) is 18.9 Å². The highest BCUT2D eigenvalue weighted by molar-refractivity contribution is 7.89. The molecule has 8 nitrogen and oxygen atoms in total. The number of carbonyl (C=O) groups excluding carboxylic acids is 1. The molecule has 3 rings (SSSR count). The topological polar surface area (TPSA) is 93.5 Å². The molecule has 0 radical (unpaired) electrons. The Hall–Kier alpha value is -2.39. The van der Waals surface area contributed by atoms with Crippen LogP contribution in [0.15, 0.2) is 29.2 Å². The molecule has 2 aromatic rings. The number of nitrogens with one attached hydrogen (secondary N) is 1. The van der Waals surface area contributed by atoms with Crippen LogP contribution in [0.5, 0.6) is 5.75 Å². The second-order valence-corrected chi connectivity index (χ2v) is 12.8. The lowest BCUT2D eigenvalue weighted by Crippen LogP contribution is -2.32. The minimum absolute atomic E-state index is 0.0178. The molecule has 0 saturated carbocycles. The van der Waals surface area contributed by atoms with Gasteiger partial charge in [0.15, 0.2) is 0 Å². The third kappa shape index (κ3) is 5.63. The van der Waals surface area contributed by atoms with Gasteiger partial charge in [0.1, 0.15) is 16.5 Å². The average molecular weight is 491 g/mol. The van der Waals surface area contributed by atoms with E-state index in [1.165, 1.54) is 17.5 Å². The molecule has 0 atom stereocenters. The van der Waals surface area contributed by atoms with E-state index >= 15 is 0 Å². The molecule has 1 aliphatic heterocycles. The van der Waals surface area contributed by atoms with E-state index in [0.717, 1.165) is 31.4 Å². The molecule has 1 aliphatic rings. The van der Waals surface area contributed by atoms with E-state index in [4.69, 9.17) is 9.84 Å². The van der Waals surface area contributed by atoms with E-state index in [-0.39, 0.29) is 27.2 Å². The summed E-state index contributed by atoms with van der Waals surface area (Å²) in [7, 11) is -2.36. The molecule has 9 heteroatoms. The highest BCUT2D eigenvalue weighted by Gasteiger charge is 2.30. The summed E-state index contributed by atoms with van der Waals surface area (Å²) in [4.78, 5) is 13.3. The number of carbonyl (C=O) groups is 1. The number of methoxy groups -OCH3 is 1. The SMILES string of the molecule is COc1ccc(C(=O)Nc2cc(C(C)(C)C)nn2C(C)(C)C)cc1S(=O)(=O)N1CCCCCC1. The number of aromatic nitrogens is 2. The van der Waals surface area contributed by atoms with Crippen LogP contribution < -0.4 is 10.1 Å². The molecule has 1 aromatic heterocycles. The third-order valence-electron chi connectivity index (χ3n) is 5.96. The fourth-order valence-electron chi connectivity index (χ4n) is 3.98. The van der Waals surface area contributed by atoms with Crippen LogP contribution in [0.4, 0.5) is 5.82 Å². The van der Waals surface area contributed by atoms with Crippen LogP contribution in [0.1, 0.15) is 83.3 Å². The lowest BCUT2D eigenvalue weighted by molar-refractivity contribution is 0.102. The summed E-state index contributed by atoms with van der Waals surface area (Å²) in [5.41, 5.74) is 0.558. The number of sulfonamides is 1. The Morgan fingerprint density at radius 1 is 1.00 bits per heavy atom. The lowest BCUT2D eigenvalue weighted by Gasteiger charge is -2.23. The predicted molar refractivity (Wildman–Crippen MR) is 134 cm³/mol. The first kappa shape index (κ1) is 26.2. The summed E-state index contributed by atoms with van der Waals surface area (Å²) in [6.07, 6.45) is 3.69. The Morgan fingerprint density at radius 2 is 1.62 bits per heavy atom. The van der Waals surface area contributed by atoms with Crippen molar-refractivity contribution in [3.63, 3.8) is 0 Å². The van der Waals surface area contributed by atoms with Crippen LogP contribution in [-0.4, -0.2) is 48.6 Å². The van der Waals surface area contributed by atoms with Gasteiger partial charge in [0.05, 0.1) is 18.3 Å². The molecule has 1 fully saturated rings. The van der Waals surface area contributed by atoms with Gasteiger partial charge in [-0.15, -0.1) is 0 Å². The predicted octanol–water partition coefficient (Wildman–Crippen LogP) is 4.76. The standard InChI is InChI=1S/C25H38N4O4S/c1-24(2,3)21-17-22(29(27-21)25(4,5)6)26-23(30)18-12-13-19(33-7)20(16-18)34(31,32)28-14-10-8-9-11-15-28/h12-13,16-17H,8-11,14-15H2,1-7H3,(H,26,30). The molecule has 34 heavy (non-hydrogen) atoms. The molecule has 0 unspecified atom stereocenters. The minimum Gasteiger partial charge on any atom is -0.495 e. The van der Waals surface area contributed by atoms with E-state index in [2.05, 4.69) is 26.1 Å². The fourth-order valence-corrected chi connectivity index (χ4v) is 5.68. The molecule has 2 heterocycles. The summed E-state index contributed by atoms with van der Waals surface area (Å²) in [5.74, 6) is 0.395. The number of benzene rings is 1. The van der Waals surface area contributed by atoms with Gasteiger partial charge in [0, 0.05) is 30.1 Å². The maximum atomic E-state index is 13.5. The van der Waals surface area contributed by atoms with Gasteiger partial charge in [0.25, 0.3) is 5.91 Å². The first-order valence-electron chi connectivity index (χ1n) is 11.9. The van der Waals surface area contributed by atoms with Gasteiger partial charge in [-0.1, -0.05) is 33.6 Å². The summed E-state index contributed by atoms with van der Waals surface area (Å²) in [5, 5.41) is 7.68. The number of ether oxygens (including phenoxy) is 1. The van der Waals surface area contributed by atoms with Gasteiger partial charge in [-0.3, -0.25) is 4.79 Å². The second kappa shape index (κ2) is 9.70. The molecular weight excluding hydrogens is 452 g/mol. The van der Waals surface area contributed by atoms with E-state index in [1.54, 1.807) is 16.8 Å². The number of nitrogens with zero attached hydrogens (tertiary/aromatic N) is 3. The first-order valence-corrected chi connectivity index (χ1v) is 13.3. The van der Waals surface area contributed by atoms with Crippen molar-refractivity contribution < 1.29 is 17.9 Å². The highest BCUT2D eigenvalue weighted by atomic mass is 32.2. The Kier molecular flexibility index (Phi) is 7.48. The van der Waals surface area contributed by atoms with Crippen LogP contribution in [0.25, 0.3) is 0 Å². The zero-order valence-electron chi connectivity index (χ0n) is 21.4. The van der Waals surface area contributed by atoms with E-state index < -0.39 is 15.9 Å². The third-order valence-corrected chi connectivity index (χ3v) is 7.88. The fraction of sp³-hybridized carbons (Fsp3) is 0.600. The number of hydrogen-bond acceptors (Lipinski definition) is 5. The van der Waals surface area contributed by atoms with Crippen molar-refractivity contribution in [2.75, 3.05) is 25.5 Å². The van der Waals surface area contributed by atoms with E-state index in [1.807, 2.05) is 26.8 Å². The highest BCUT2D eigenvalue weighted by Crippen LogP contribution is 2.31. The number of hydrogen-bond donors (Lipinski definition) is 1. The van der Waals surface area contributed by atoms with Gasteiger partial charge in [-0.2, -0.15) is 9.40 Å². The zero-order valence-corrected chi connectivity index (χ0v) is 22.3. The van der Waals surface area contributed by atoms with Crippen LogP contribution in [-0.2, 0) is 21.0 Å². The Morgan fingerprint density at radius 3 is 2.15 bits per heavy atom. The van der Waals surface area contributed by atoms with Crippen molar-refractivity contribution in [3.05, 3.63) is 35.5 Å². The molecular formula is C25H38N4O4S. The molecule has 0 spiro atoms. The van der Waals surface area contributed by atoms with Crippen molar-refractivity contribution in [1.82, 2.24) is 14.1 Å². The van der Waals surface area contributed by atoms with Crippen molar-refractivity contribution in [2.24, 2.45) is 0 Å². The zero-order chi connectivity index (χ0) is 25.3. The van der Waals surface area contributed by atoms with Crippen molar-refractivity contribution in [3.8, 4) is 5.75 Å². The van der Waals surface area contributed by atoms with Gasteiger partial charge in [-0.05, 0) is 51.8 Å². The Labute approximate surface area is 203 Å². The Bertz CT molecular complexity index is 1130. The van der Waals surface area contributed by atoms with Crippen LogP contribution in [0.3, 0.4) is 0 Å². The quantitative estimate of drug-likeness (QED) is 0.652. The number of rotatable bonds is 5. The van der Waals surface area contributed by atoms with E-state index in [9.17, 15) is 13.2 Å². The molecule has 1 aromatic carbocycles. The maximum Gasteiger partial charge on any atom is 0.256 e. The molecule has 0 bridgehead atoms. The largest absolute Gasteiger partial charge is 0.495 e. The van der Waals surface area contributed by atoms with Crippen LogP contribution in [0, 0.1) is 0 Å². The van der Waals surface area contributed by atoms with Crippen LogP contribution >= 0.6 is 0 Å². The van der Waals surface area contributed by atoms with Crippen molar-refractivity contribution in [2.45, 2.75) is 83.1 Å². The number of amides is 1. The monoisotopic (exact) mass is 490 g/mol. The van der Waals surface area contributed by atoms with Crippen molar-refractivity contribution in [1.29, 1.82) is 0 Å². The number of anilines is 1. The van der Waals surface area contributed by atoms with Gasteiger partial charge < -0.3 is 10.1 Å². The van der Waals surface area contributed by atoms with Gasteiger partial charge >= 0.3 is 0 Å². The molecule has 0 aliphatic carbocycles. The molecule has 1 saturated heterocycles. The minimum atomic E-state index is -3.79. The normalized spacial score (nSPS) is 16.2. The summed E-state index contributed by atoms with van der Waals surface area (Å²) >= 11 is 0. The summed E-state index contributed by atoms with van der Waals surface area (Å²) in [6.45, 7) is 13.2. The smallest absolute Gasteiger partial charge is 0.256 e. The van der Waals surface area contributed by atoms with Crippen molar-refractivity contribution >= 4 is 21.7 Å². The summed E-state index contributed by atoms with van der Waals surface area (Å²) in [6, 6.07) is 6.41.